The summed E-state index contributed by atoms with van der Waals surface area (Å²) in [6.45, 7) is 2.41. The summed E-state index contributed by atoms with van der Waals surface area (Å²) in [6, 6.07) is 16.8. The van der Waals surface area contributed by atoms with Crippen LogP contribution >= 0.6 is 11.6 Å². The number of aromatic nitrogens is 1. The van der Waals surface area contributed by atoms with Crippen LogP contribution in [0, 0.1) is 0 Å². The Kier molecular flexibility index (Phi) is 5.87. The zero-order valence-corrected chi connectivity index (χ0v) is 15.2. The minimum atomic E-state index is -0.211. The second-order valence-corrected chi connectivity index (χ2v) is 6.17. The van der Waals surface area contributed by atoms with Gasteiger partial charge in [0.1, 0.15) is 5.75 Å². The van der Waals surface area contributed by atoms with E-state index in [4.69, 9.17) is 16.3 Å². The van der Waals surface area contributed by atoms with Gasteiger partial charge in [-0.2, -0.15) is 0 Å². The van der Waals surface area contributed by atoms with Crippen LogP contribution in [0.15, 0.2) is 67.0 Å². The smallest absolute Gasteiger partial charge is 0.255 e. The van der Waals surface area contributed by atoms with Gasteiger partial charge in [-0.05, 0) is 66.9 Å². The maximum atomic E-state index is 12.4. The molecule has 132 valence electrons. The molecule has 26 heavy (non-hydrogen) atoms. The fourth-order valence-electron chi connectivity index (χ4n) is 2.56. The molecule has 4 nitrogen and oxygen atoms in total. The molecular weight excluding hydrogens is 348 g/mol. The Hall–Kier alpha value is -2.85. The number of carbonyl (C=O) groups excluding carboxylic acids is 1. The van der Waals surface area contributed by atoms with Crippen molar-refractivity contribution in [1.29, 1.82) is 0 Å². The summed E-state index contributed by atoms with van der Waals surface area (Å²) in [5, 5.41) is 3.30. The zero-order valence-electron chi connectivity index (χ0n) is 14.4. The second-order valence-electron chi connectivity index (χ2n) is 5.76. The first-order valence-electron chi connectivity index (χ1n) is 8.37. The normalized spacial score (nSPS) is 10.4. The van der Waals surface area contributed by atoms with E-state index in [0.29, 0.717) is 22.9 Å². The van der Waals surface area contributed by atoms with E-state index in [1.54, 1.807) is 30.6 Å². The molecule has 0 bridgehead atoms. The average Bonchev–Trinajstić information content (AvgIpc) is 2.66. The molecule has 0 fully saturated rings. The Labute approximate surface area is 157 Å². The predicted molar refractivity (Wildman–Crippen MR) is 104 cm³/mol. The Balaban J connectivity index is 1.65. The lowest BCUT2D eigenvalue weighted by Gasteiger charge is -2.09. The number of benzene rings is 2. The molecule has 5 heteroatoms. The van der Waals surface area contributed by atoms with Crippen LogP contribution in [0.2, 0.25) is 5.02 Å². The highest BCUT2D eigenvalue weighted by molar-refractivity contribution is 6.32. The summed E-state index contributed by atoms with van der Waals surface area (Å²) in [6.07, 6.45) is 4.39. The Morgan fingerprint density at radius 2 is 1.73 bits per heavy atom. The summed E-state index contributed by atoms with van der Waals surface area (Å²) >= 11 is 6.14. The van der Waals surface area contributed by atoms with E-state index in [-0.39, 0.29) is 5.91 Å². The minimum absolute atomic E-state index is 0.211. The molecule has 1 N–H and O–H groups in total. The van der Waals surface area contributed by atoms with Crippen LogP contribution in [-0.2, 0) is 6.42 Å². The van der Waals surface area contributed by atoms with Crippen LogP contribution in [-0.4, -0.2) is 17.5 Å². The van der Waals surface area contributed by atoms with Crippen LogP contribution in [0.1, 0.15) is 28.4 Å². The van der Waals surface area contributed by atoms with Gasteiger partial charge in [0, 0.05) is 23.6 Å². The predicted octanol–water partition coefficient (Wildman–Crippen LogP) is 4.98. The van der Waals surface area contributed by atoms with Gasteiger partial charge in [0.05, 0.1) is 11.6 Å². The number of nitrogens with zero attached hydrogens (tertiary/aromatic N) is 1. The Morgan fingerprint density at radius 1 is 1.04 bits per heavy atom. The van der Waals surface area contributed by atoms with Gasteiger partial charge in [-0.25, -0.2) is 0 Å². The summed E-state index contributed by atoms with van der Waals surface area (Å²) in [7, 11) is 0. The van der Waals surface area contributed by atoms with Crippen molar-refractivity contribution in [3.05, 3.63) is 88.7 Å². The van der Waals surface area contributed by atoms with Gasteiger partial charge in [0.15, 0.2) is 0 Å². The molecule has 0 atom stereocenters. The quantitative estimate of drug-likeness (QED) is 0.669. The third-order valence-corrected chi connectivity index (χ3v) is 4.16. The molecular formula is C21H19ClN2O2. The lowest BCUT2D eigenvalue weighted by Crippen LogP contribution is -2.12. The fraction of sp³-hybridized carbons (Fsp3) is 0.143. The van der Waals surface area contributed by atoms with Crippen molar-refractivity contribution in [2.45, 2.75) is 13.3 Å². The highest BCUT2D eigenvalue weighted by Crippen LogP contribution is 2.26. The molecule has 0 saturated carbocycles. The average molecular weight is 367 g/mol. The van der Waals surface area contributed by atoms with Gasteiger partial charge in [0.2, 0.25) is 0 Å². The zero-order chi connectivity index (χ0) is 18.4. The van der Waals surface area contributed by atoms with E-state index in [2.05, 4.69) is 10.3 Å². The van der Waals surface area contributed by atoms with Gasteiger partial charge in [0.25, 0.3) is 5.91 Å². The van der Waals surface area contributed by atoms with E-state index >= 15 is 0 Å². The van der Waals surface area contributed by atoms with Crippen LogP contribution in [0.5, 0.6) is 5.75 Å². The third kappa shape index (κ3) is 4.61. The largest absolute Gasteiger partial charge is 0.492 e. The van der Waals surface area contributed by atoms with Crippen molar-refractivity contribution in [2.75, 3.05) is 11.9 Å². The van der Waals surface area contributed by atoms with E-state index in [1.165, 1.54) is 11.1 Å². The molecule has 3 aromatic rings. The molecule has 0 radical (unpaired) electrons. The molecule has 0 saturated heterocycles. The van der Waals surface area contributed by atoms with Gasteiger partial charge < -0.3 is 10.1 Å². The first kappa shape index (κ1) is 18.0. The standard InChI is InChI=1S/C21H19ClN2O2/c1-2-26-20-8-5-17(14-19(20)22)21(25)24-18-6-3-15(4-7-18)13-16-9-11-23-12-10-16/h3-12,14H,2,13H2,1H3,(H,24,25). The lowest BCUT2D eigenvalue weighted by molar-refractivity contribution is 0.102. The highest BCUT2D eigenvalue weighted by atomic mass is 35.5. The molecule has 0 unspecified atom stereocenters. The summed E-state index contributed by atoms with van der Waals surface area (Å²) in [5.74, 6) is 0.364. The Morgan fingerprint density at radius 3 is 2.38 bits per heavy atom. The van der Waals surface area contributed by atoms with Crippen molar-refractivity contribution >= 4 is 23.2 Å². The summed E-state index contributed by atoms with van der Waals surface area (Å²) in [5.41, 5.74) is 3.58. The molecule has 2 aromatic carbocycles. The highest BCUT2D eigenvalue weighted by Gasteiger charge is 2.10. The summed E-state index contributed by atoms with van der Waals surface area (Å²) < 4.78 is 5.38. The van der Waals surface area contributed by atoms with Crippen molar-refractivity contribution in [2.24, 2.45) is 0 Å². The van der Waals surface area contributed by atoms with Gasteiger partial charge in [-0.3, -0.25) is 9.78 Å². The summed E-state index contributed by atoms with van der Waals surface area (Å²) in [4.78, 5) is 16.4. The minimum Gasteiger partial charge on any atom is -0.492 e. The van der Waals surface area contributed by atoms with Crippen LogP contribution in [0.25, 0.3) is 0 Å². The van der Waals surface area contributed by atoms with Gasteiger partial charge >= 0.3 is 0 Å². The maximum absolute atomic E-state index is 12.4. The van der Waals surface area contributed by atoms with E-state index < -0.39 is 0 Å². The second kappa shape index (κ2) is 8.50. The van der Waals surface area contributed by atoms with E-state index in [1.807, 2.05) is 43.3 Å². The number of amides is 1. The molecule has 3 rings (SSSR count). The number of nitrogens with one attached hydrogen (secondary N) is 1. The van der Waals surface area contributed by atoms with Crippen LogP contribution in [0.3, 0.4) is 0 Å². The first-order chi connectivity index (χ1) is 12.7. The lowest BCUT2D eigenvalue weighted by atomic mass is 10.1. The molecule has 0 aliphatic heterocycles. The number of ether oxygens (including phenoxy) is 1. The fourth-order valence-corrected chi connectivity index (χ4v) is 2.80. The maximum Gasteiger partial charge on any atom is 0.255 e. The van der Waals surface area contributed by atoms with Crippen molar-refractivity contribution < 1.29 is 9.53 Å². The number of carbonyl (C=O) groups is 1. The van der Waals surface area contributed by atoms with Crippen molar-refractivity contribution in [3.8, 4) is 5.75 Å². The monoisotopic (exact) mass is 366 g/mol. The number of rotatable bonds is 6. The van der Waals surface area contributed by atoms with Crippen molar-refractivity contribution in [1.82, 2.24) is 4.98 Å². The molecule has 1 amide bonds. The van der Waals surface area contributed by atoms with Gasteiger partial charge in [-0.15, -0.1) is 0 Å². The molecule has 1 heterocycles. The first-order valence-corrected chi connectivity index (χ1v) is 8.75. The van der Waals surface area contributed by atoms with Crippen molar-refractivity contribution in [3.63, 3.8) is 0 Å². The van der Waals surface area contributed by atoms with Gasteiger partial charge in [-0.1, -0.05) is 23.7 Å². The molecule has 0 aliphatic carbocycles. The molecule has 1 aromatic heterocycles. The Bertz CT molecular complexity index is 880. The van der Waals surface area contributed by atoms with Crippen LogP contribution in [0.4, 0.5) is 5.69 Å². The molecule has 0 spiro atoms. The number of pyridine rings is 1. The number of hydrogen-bond acceptors (Lipinski definition) is 3. The van der Waals surface area contributed by atoms with E-state index in [0.717, 1.165) is 12.1 Å². The number of hydrogen-bond donors (Lipinski definition) is 1. The molecule has 0 aliphatic rings. The topological polar surface area (TPSA) is 51.2 Å². The number of anilines is 1. The van der Waals surface area contributed by atoms with Crippen LogP contribution < -0.4 is 10.1 Å². The SMILES string of the molecule is CCOc1ccc(C(=O)Nc2ccc(Cc3ccncc3)cc2)cc1Cl. The van der Waals surface area contributed by atoms with E-state index in [9.17, 15) is 4.79 Å². The number of halogens is 1. The third-order valence-electron chi connectivity index (χ3n) is 3.86.